The van der Waals surface area contributed by atoms with E-state index in [2.05, 4.69) is 10.3 Å². The molecule has 4 nitrogen and oxygen atoms in total. The van der Waals surface area contributed by atoms with Crippen molar-refractivity contribution in [1.82, 2.24) is 10.3 Å². The van der Waals surface area contributed by atoms with Crippen LogP contribution in [-0.2, 0) is 11.3 Å². The predicted molar refractivity (Wildman–Crippen MR) is 99.3 cm³/mol. The standard InChI is InChI=1S/C19H24N2O2S/c1-12(2)17(24-15-8-6-5-7-9-15)19(23)20-11-16-13(3)10-14(4)21-18(16)22/h5-10,12,17H,11H2,1-4H3,(H,20,23)(H,21,22)/t17-/m0/s1. The van der Waals surface area contributed by atoms with Gasteiger partial charge in [0.15, 0.2) is 0 Å². The van der Waals surface area contributed by atoms with E-state index < -0.39 is 0 Å². The molecule has 0 fully saturated rings. The van der Waals surface area contributed by atoms with E-state index in [1.807, 2.05) is 64.1 Å². The SMILES string of the molecule is Cc1cc(C)c(CNC(=O)[C@@H](Sc2ccccc2)C(C)C)c(=O)[nH]1. The van der Waals surface area contributed by atoms with Gasteiger partial charge in [-0.05, 0) is 43.5 Å². The molecule has 1 heterocycles. The molecular formula is C19H24N2O2S. The van der Waals surface area contributed by atoms with Crippen LogP contribution in [0.15, 0.2) is 46.1 Å². The Hall–Kier alpha value is -2.01. The van der Waals surface area contributed by atoms with E-state index in [0.717, 1.165) is 16.2 Å². The van der Waals surface area contributed by atoms with Gasteiger partial charge in [-0.15, -0.1) is 11.8 Å². The van der Waals surface area contributed by atoms with E-state index in [1.54, 1.807) is 11.8 Å². The fraction of sp³-hybridized carbons (Fsp3) is 0.368. The molecule has 1 aromatic carbocycles. The first kappa shape index (κ1) is 18.3. The number of hydrogen-bond acceptors (Lipinski definition) is 3. The lowest BCUT2D eigenvalue weighted by atomic mass is 10.1. The Labute approximate surface area is 147 Å². The number of carbonyl (C=O) groups excluding carboxylic acids is 1. The molecule has 0 saturated carbocycles. The van der Waals surface area contributed by atoms with Crippen molar-refractivity contribution in [3.8, 4) is 0 Å². The zero-order valence-corrected chi connectivity index (χ0v) is 15.4. The van der Waals surface area contributed by atoms with Crippen molar-refractivity contribution in [2.45, 2.75) is 44.4 Å². The molecule has 24 heavy (non-hydrogen) atoms. The maximum absolute atomic E-state index is 12.6. The van der Waals surface area contributed by atoms with Gasteiger partial charge in [-0.1, -0.05) is 32.0 Å². The normalized spacial score (nSPS) is 12.2. The highest BCUT2D eigenvalue weighted by molar-refractivity contribution is 8.00. The van der Waals surface area contributed by atoms with E-state index >= 15 is 0 Å². The highest BCUT2D eigenvalue weighted by Crippen LogP contribution is 2.28. The summed E-state index contributed by atoms with van der Waals surface area (Å²) in [6.07, 6.45) is 0. The van der Waals surface area contributed by atoms with Crippen LogP contribution >= 0.6 is 11.8 Å². The molecular weight excluding hydrogens is 320 g/mol. The smallest absolute Gasteiger partial charge is 0.253 e. The van der Waals surface area contributed by atoms with Gasteiger partial charge in [0.25, 0.3) is 5.56 Å². The number of benzene rings is 1. The third kappa shape index (κ3) is 4.74. The van der Waals surface area contributed by atoms with Crippen molar-refractivity contribution in [2.75, 3.05) is 0 Å². The number of aromatic nitrogens is 1. The van der Waals surface area contributed by atoms with Crippen LogP contribution in [0.5, 0.6) is 0 Å². The quantitative estimate of drug-likeness (QED) is 0.789. The van der Waals surface area contributed by atoms with Gasteiger partial charge in [0.1, 0.15) is 0 Å². The Kier molecular flexibility index (Phi) is 6.26. The van der Waals surface area contributed by atoms with Gasteiger partial charge in [0, 0.05) is 22.7 Å². The molecule has 1 amide bonds. The van der Waals surface area contributed by atoms with Crippen LogP contribution in [0, 0.1) is 19.8 Å². The summed E-state index contributed by atoms with van der Waals surface area (Å²) in [4.78, 5) is 28.5. The number of H-pyrrole nitrogens is 1. The molecule has 0 unspecified atom stereocenters. The number of pyridine rings is 1. The first-order chi connectivity index (χ1) is 11.4. The summed E-state index contributed by atoms with van der Waals surface area (Å²) >= 11 is 1.55. The fourth-order valence-corrected chi connectivity index (χ4v) is 3.59. The number of amides is 1. The van der Waals surface area contributed by atoms with E-state index in [0.29, 0.717) is 5.56 Å². The zero-order valence-electron chi connectivity index (χ0n) is 14.6. The van der Waals surface area contributed by atoms with Crippen molar-refractivity contribution in [1.29, 1.82) is 0 Å². The molecule has 0 saturated heterocycles. The molecule has 0 radical (unpaired) electrons. The largest absolute Gasteiger partial charge is 0.351 e. The molecule has 5 heteroatoms. The lowest BCUT2D eigenvalue weighted by molar-refractivity contribution is -0.121. The number of carbonyl (C=O) groups is 1. The summed E-state index contributed by atoms with van der Waals surface area (Å²) in [6, 6.07) is 11.8. The lowest BCUT2D eigenvalue weighted by Gasteiger charge is -2.20. The molecule has 0 spiro atoms. The first-order valence-electron chi connectivity index (χ1n) is 8.07. The minimum Gasteiger partial charge on any atom is -0.351 e. The number of aromatic amines is 1. The van der Waals surface area contributed by atoms with Gasteiger partial charge in [0.05, 0.1) is 5.25 Å². The van der Waals surface area contributed by atoms with E-state index in [9.17, 15) is 9.59 Å². The van der Waals surface area contributed by atoms with Gasteiger partial charge in [-0.25, -0.2) is 0 Å². The monoisotopic (exact) mass is 344 g/mol. The van der Waals surface area contributed by atoms with Crippen LogP contribution in [0.25, 0.3) is 0 Å². The second-order valence-electron chi connectivity index (χ2n) is 6.26. The average Bonchev–Trinajstić information content (AvgIpc) is 2.52. The summed E-state index contributed by atoms with van der Waals surface area (Å²) in [7, 11) is 0. The van der Waals surface area contributed by atoms with Crippen molar-refractivity contribution < 1.29 is 4.79 Å². The second-order valence-corrected chi connectivity index (χ2v) is 7.47. The van der Waals surface area contributed by atoms with Crippen molar-refractivity contribution in [3.05, 3.63) is 63.6 Å². The second kappa shape index (κ2) is 8.20. The Morgan fingerprint density at radius 1 is 1.21 bits per heavy atom. The third-order valence-electron chi connectivity index (χ3n) is 3.80. The van der Waals surface area contributed by atoms with Gasteiger partial charge >= 0.3 is 0 Å². The Balaban J connectivity index is 2.08. The zero-order chi connectivity index (χ0) is 17.7. The van der Waals surface area contributed by atoms with E-state index in [-0.39, 0.29) is 29.2 Å². The number of nitrogens with one attached hydrogen (secondary N) is 2. The van der Waals surface area contributed by atoms with Crippen LogP contribution < -0.4 is 10.9 Å². The van der Waals surface area contributed by atoms with Crippen LogP contribution in [0.3, 0.4) is 0 Å². The van der Waals surface area contributed by atoms with Crippen molar-refractivity contribution in [3.63, 3.8) is 0 Å². The van der Waals surface area contributed by atoms with Crippen LogP contribution in [0.4, 0.5) is 0 Å². The molecule has 0 aliphatic rings. The summed E-state index contributed by atoms with van der Waals surface area (Å²) in [5.74, 6) is 0.144. The molecule has 1 aromatic heterocycles. The van der Waals surface area contributed by atoms with Crippen molar-refractivity contribution in [2.24, 2.45) is 5.92 Å². The third-order valence-corrected chi connectivity index (χ3v) is 5.36. The van der Waals surface area contributed by atoms with E-state index in [4.69, 9.17) is 0 Å². The average molecular weight is 344 g/mol. The van der Waals surface area contributed by atoms with Crippen LogP contribution in [0.2, 0.25) is 0 Å². The van der Waals surface area contributed by atoms with Crippen molar-refractivity contribution >= 4 is 17.7 Å². The van der Waals surface area contributed by atoms with Gasteiger partial charge in [0.2, 0.25) is 5.91 Å². The highest BCUT2D eigenvalue weighted by atomic mass is 32.2. The van der Waals surface area contributed by atoms with E-state index in [1.165, 1.54) is 0 Å². The Bertz CT molecular complexity index is 754. The minimum absolute atomic E-state index is 0.0433. The maximum atomic E-state index is 12.6. The van der Waals surface area contributed by atoms with Gasteiger partial charge < -0.3 is 10.3 Å². The molecule has 0 aliphatic carbocycles. The Morgan fingerprint density at radius 3 is 2.46 bits per heavy atom. The lowest BCUT2D eigenvalue weighted by Crippen LogP contribution is -2.37. The van der Waals surface area contributed by atoms with Crippen LogP contribution in [0.1, 0.15) is 30.7 Å². The minimum atomic E-state index is -0.197. The summed E-state index contributed by atoms with van der Waals surface area (Å²) in [6.45, 7) is 8.05. The summed E-state index contributed by atoms with van der Waals surface area (Å²) < 4.78 is 0. The molecule has 1 atom stereocenters. The first-order valence-corrected chi connectivity index (χ1v) is 8.95. The molecule has 2 N–H and O–H groups in total. The molecule has 2 rings (SSSR count). The topological polar surface area (TPSA) is 62.0 Å². The molecule has 0 aliphatic heterocycles. The molecule has 2 aromatic rings. The highest BCUT2D eigenvalue weighted by Gasteiger charge is 2.23. The summed E-state index contributed by atoms with van der Waals surface area (Å²) in [5, 5.41) is 2.72. The number of thioether (sulfide) groups is 1. The molecule has 128 valence electrons. The fourth-order valence-electron chi connectivity index (χ4n) is 2.52. The van der Waals surface area contributed by atoms with Crippen LogP contribution in [-0.4, -0.2) is 16.1 Å². The summed E-state index contributed by atoms with van der Waals surface area (Å²) in [5.41, 5.74) is 2.20. The molecule has 0 bridgehead atoms. The van der Waals surface area contributed by atoms with Gasteiger partial charge in [-0.3, -0.25) is 9.59 Å². The van der Waals surface area contributed by atoms with Gasteiger partial charge in [-0.2, -0.15) is 0 Å². The number of hydrogen-bond donors (Lipinski definition) is 2. The Morgan fingerprint density at radius 2 is 1.88 bits per heavy atom. The number of rotatable bonds is 6. The number of aryl methyl sites for hydroxylation is 2. The predicted octanol–water partition coefficient (Wildman–Crippen LogP) is 3.42. The maximum Gasteiger partial charge on any atom is 0.253 e.